The number of amides is 2. The standard InChI is InChI=1S/C22H28N4O2/c1-4-24-21(28)22(11-5-6-12-22)25-20(27)18-13-17(14-23-15-18)16-7-9-19(10-8-16)26(2)3/h7-10,13-15H,4-6,11-12H2,1-3H3,(H,24,28)(H,25,27). The Kier molecular flexibility index (Phi) is 5.97. The van der Waals surface area contributed by atoms with Gasteiger partial charge in [0.15, 0.2) is 0 Å². The lowest BCUT2D eigenvalue weighted by Gasteiger charge is -2.28. The van der Waals surface area contributed by atoms with Gasteiger partial charge in [-0.05, 0) is 43.5 Å². The minimum atomic E-state index is -0.809. The lowest BCUT2D eigenvalue weighted by molar-refractivity contribution is -0.127. The third-order valence-corrected chi connectivity index (χ3v) is 5.30. The fourth-order valence-corrected chi connectivity index (χ4v) is 3.68. The van der Waals surface area contributed by atoms with Crippen LogP contribution in [0.3, 0.4) is 0 Å². The summed E-state index contributed by atoms with van der Waals surface area (Å²) in [5, 5.41) is 5.86. The van der Waals surface area contributed by atoms with Crippen molar-refractivity contribution in [2.24, 2.45) is 0 Å². The molecule has 0 saturated heterocycles. The van der Waals surface area contributed by atoms with Crippen LogP contribution in [0.15, 0.2) is 42.7 Å². The number of carbonyl (C=O) groups is 2. The van der Waals surface area contributed by atoms with Crippen LogP contribution >= 0.6 is 0 Å². The predicted molar refractivity (Wildman–Crippen MR) is 111 cm³/mol. The monoisotopic (exact) mass is 380 g/mol. The zero-order chi connectivity index (χ0) is 20.1. The number of likely N-dealkylation sites (N-methyl/N-ethyl adjacent to an activating group) is 1. The molecule has 1 aromatic carbocycles. The Labute approximate surface area is 166 Å². The van der Waals surface area contributed by atoms with Crippen LogP contribution in [0.25, 0.3) is 11.1 Å². The van der Waals surface area contributed by atoms with Crippen molar-refractivity contribution in [2.75, 3.05) is 25.5 Å². The molecule has 2 N–H and O–H groups in total. The molecule has 1 aliphatic rings. The number of nitrogens with zero attached hydrogens (tertiary/aromatic N) is 2. The van der Waals surface area contributed by atoms with E-state index in [2.05, 4.69) is 15.6 Å². The number of nitrogens with one attached hydrogen (secondary N) is 2. The molecule has 1 heterocycles. The molecular formula is C22H28N4O2. The summed E-state index contributed by atoms with van der Waals surface area (Å²) < 4.78 is 0. The lowest BCUT2D eigenvalue weighted by Crippen LogP contribution is -2.57. The van der Waals surface area contributed by atoms with E-state index < -0.39 is 5.54 Å². The number of pyridine rings is 1. The highest BCUT2D eigenvalue weighted by atomic mass is 16.2. The van der Waals surface area contributed by atoms with Crippen LogP contribution in [-0.2, 0) is 4.79 Å². The number of benzene rings is 1. The van der Waals surface area contributed by atoms with Crippen molar-refractivity contribution in [3.8, 4) is 11.1 Å². The topological polar surface area (TPSA) is 74.3 Å². The second-order valence-electron chi connectivity index (χ2n) is 7.51. The molecule has 1 fully saturated rings. The number of hydrogen-bond acceptors (Lipinski definition) is 4. The number of hydrogen-bond donors (Lipinski definition) is 2. The molecule has 0 spiro atoms. The molecule has 0 bridgehead atoms. The Morgan fingerprint density at radius 1 is 1.07 bits per heavy atom. The highest BCUT2D eigenvalue weighted by Crippen LogP contribution is 2.30. The molecule has 1 saturated carbocycles. The van der Waals surface area contributed by atoms with Crippen LogP contribution in [0.2, 0.25) is 0 Å². The maximum Gasteiger partial charge on any atom is 0.253 e. The van der Waals surface area contributed by atoms with E-state index in [0.717, 1.165) is 29.7 Å². The summed E-state index contributed by atoms with van der Waals surface area (Å²) in [7, 11) is 3.99. The van der Waals surface area contributed by atoms with Crippen LogP contribution < -0.4 is 15.5 Å². The van der Waals surface area contributed by atoms with Crippen molar-refractivity contribution < 1.29 is 9.59 Å². The van der Waals surface area contributed by atoms with Gasteiger partial charge >= 0.3 is 0 Å². The van der Waals surface area contributed by atoms with Crippen molar-refractivity contribution in [3.63, 3.8) is 0 Å². The first-order valence-corrected chi connectivity index (χ1v) is 9.79. The molecule has 1 aromatic heterocycles. The quantitative estimate of drug-likeness (QED) is 0.808. The highest BCUT2D eigenvalue weighted by molar-refractivity contribution is 6.00. The largest absolute Gasteiger partial charge is 0.378 e. The predicted octanol–water partition coefficient (Wildman–Crippen LogP) is 2.99. The molecule has 28 heavy (non-hydrogen) atoms. The summed E-state index contributed by atoms with van der Waals surface area (Å²) in [6.07, 6.45) is 6.51. The highest BCUT2D eigenvalue weighted by Gasteiger charge is 2.42. The molecule has 6 nitrogen and oxygen atoms in total. The van der Waals surface area contributed by atoms with Crippen molar-refractivity contribution in [3.05, 3.63) is 48.3 Å². The van der Waals surface area contributed by atoms with Gasteiger partial charge in [0.05, 0.1) is 5.56 Å². The van der Waals surface area contributed by atoms with Crippen molar-refractivity contribution in [1.29, 1.82) is 0 Å². The molecule has 0 radical (unpaired) electrons. The van der Waals surface area contributed by atoms with Gasteiger partial charge in [0.25, 0.3) is 5.91 Å². The Morgan fingerprint density at radius 2 is 1.75 bits per heavy atom. The average Bonchev–Trinajstić information content (AvgIpc) is 3.18. The van der Waals surface area contributed by atoms with E-state index in [4.69, 9.17) is 0 Å². The minimum Gasteiger partial charge on any atom is -0.378 e. The van der Waals surface area contributed by atoms with E-state index in [0.29, 0.717) is 24.9 Å². The van der Waals surface area contributed by atoms with Gasteiger partial charge in [-0.3, -0.25) is 14.6 Å². The Hall–Kier alpha value is -2.89. The molecule has 3 rings (SSSR count). The molecule has 6 heteroatoms. The first kappa shape index (κ1) is 19.9. The Bertz CT molecular complexity index is 840. The van der Waals surface area contributed by atoms with Crippen LogP contribution in [0.4, 0.5) is 5.69 Å². The maximum absolute atomic E-state index is 12.9. The van der Waals surface area contributed by atoms with Gasteiger partial charge in [0, 0.05) is 44.3 Å². The molecule has 148 valence electrons. The average molecular weight is 380 g/mol. The molecule has 0 atom stereocenters. The second-order valence-corrected chi connectivity index (χ2v) is 7.51. The molecule has 1 aliphatic carbocycles. The van der Waals surface area contributed by atoms with Crippen molar-refractivity contribution in [2.45, 2.75) is 38.1 Å². The third kappa shape index (κ3) is 4.16. The zero-order valence-corrected chi connectivity index (χ0v) is 16.8. The second kappa shape index (κ2) is 8.42. The summed E-state index contributed by atoms with van der Waals surface area (Å²) in [6, 6.07) is 9.92. The Morgan fingerprint density at radius 3 is 2.36 bits per heavy atom. The van der Waals surface area contributed by atoms with Crippen LogP contribution in [-0.4, -0.2) is 43.0 Å². The summed E-state index contributed by atoms with van der Waals surface area (Å²) in [6.45, 7) is 2.44. The maximum atomic E-state index is 12.9. The summed E-state index contributed by atoms with van der Waals surface area (Å²) in [5.74, 6) is -0.350. The van der Waals surface area contributed by atoms with E-state index in [1.54, 1.807) is 12.4 Å². The molecule has 2 aromatic rings. The molecule has 2 amide bonds. The van der Waals surface area contributed by atoms with E-state index >= 15 is 0 Å². The summed E-state index contributed by atoms with van der Waals surface area (Å²) in [4.78, 5) is 31.8. The van der Waals surface area contributed by atoms with E-state index in [9.17, 15) is 9.59 Å². The van der Waals surface area contributed by atoms with Gasteiger partial charge in [0.2, 0.25) is 5.91 Å². The van der Waals surface area contributed by atoms with E-state index in [1.165, 1.54) is 0 Å². The third-order valence-electron chi connectivity index (χ3n) is 5.30. The first-order valence-electron chi connectivity index (χ1n) is 9.79. The zero-order valence-electron chi connectivity index (χ0n) is 16.8. The van der Waals surface area contributed by atoms with E-state index in [1.807, 2.05) is 56.3 Å². The summed E-state index contributed by atoms with van der Waals surface area (Å²) >= 11 is 0. The number of carbonyl (C=O) groups excluding carboxylic acids is 2. The normalized spacial score (nSPS) is 15.1. The van der Waals surface area contributed by atoms with Crippen molar-refractivity contribution >= 4 is 17.5 Å². The van der Waals surface area contributed by atoms with Gasteiger partial charge in [-0.2, -0.15) is 0 Å². The van der Waals surface area contributed by atoms with Gasteiger partial charge in [-0.1, -0.05) is 25.0 Å². The fourth-order valence-electron chi connectivity index (χ4n) is 3.68. The van der Waals surface area contributed by atoms with E-state index in [-0.39, 0.29) is 11.8 Å². The van der Waals surface area contributed by atoms with Gasteiger partial charge in [0.1, 0.15) is 5.54 Å². The molecule has 0 aliphatic heterocycles. The minimum absolute atomic E-state index is 0.0933. The SMILES string of the molecule is CCNC(=O)C1(NC(=O)c2cncc(-c3ccc(N(C)C)cc3)c2)CCCC1. The first-order chi connectivity index (χ1) is 13.4. The van der Waals surface area contributed by atoms with Gasteiger partial charge < -0.3 is 15.5 Å². The Balaban J connectivity index is 1.81. The fraction of sp³-hybridized carbons (Fsp3) is 0.409. The van der Waals surface area contributed by atoms with Crippen LogP contribution in [0, 0.1) is 0 Å². The number of aromatic nitrogens is 1. The molecular weight excluding hydrogens is 352 g/mol. The number of rotatable bonds is 6. The smallest absolute Gasteiger partial charge is 0.253 e. The van der Waals surface area contributed by atoms with Crippen molar-refractivity contribution in [1.82, 2.24) is 15.6 Å². The summed E-state index contributed by atoms with van der Waals surface area (Å²) in [5.41, 5.74) is 2.63. The van der Waals surface area contributed by atoms with Crippen LogP contribution in [0.1, 0.15) is 43.0 Å². The van der Waals surface area contributed by atoms with Crippen LogP contribution in [0.5, 0.6) is 0 Å². The van der Waals surface area contributed by atoms with Gasteiger partial charge in [-0.15, -0.1) is 0 Å². The van der Waals surface area contributed by atoms with Gasteiger partial charge in [-0.25, -0.2) is 0 Å². The number of anilines is 1. The molecule has 0 unspecified atom stereocenters. The lowest BCUT2D eigenvalue weighted by atomic mass is 9.95.